The highest BCUT2D eigenvalue weighted by atomic mass is 16.5. The van der Waals surface area contributed by atoms with Crippen LogP contribution in [0.3, 0.4) is 0 Å². The smallest absolute Gasteiger partial charge is 0.202 e. The van der Waals surface area contributed by atoms with Crippen LogP contribution in [0.5, 0.6) is 5.75 Å². The number of carbonyl (C=O) groups excluding carboxylic acids is 1. The number of ketones is 1. The van der Waals surface area contributed by atoms with E-state index in [4.69, 9.17) is 9.47 Å². The maximum absolute atomic E-state index is 12.1. The van der Waals surface area contributed by atoms with E-state index in [1.54, 1.807) is 0 Å². The van der Waals surface area contributed by atoms with Gasteiger partial charge in [0.15, 0.2) is 5.78 Å². The van der Waals surface area contributed by atoms with E-state index in [1.165, 1.54) is 6.92 Å². The van der Waals surface area contributed by atoms with E-state index < -0.39 is 0 Å². The SMILES string of the molecule is CCN/C(=C(\OC1COc2ccccc2C1)C(C)=O)N(C)CC. The average molecular weight is 318 g/mol. The zero-order valence-corrected chi connectivity index (χ0v) is 14.4. The second-order valence-corrected chi connectivity index (χ2v) is 5.64. The van der Waals surface area contributed by atoms with Crippen LogP contribution >= 0.6 is 0 Å². The van der Waals surface area contributed by atoms with Crippen LogP contribution in [0.25, 0.3) is 0 Å². The zero-order chi connectivity index (χ0) is 16.8. The summed E-state index contributed by atoms with van der Waals surface area (Å²) in [5.41, 5.74) is 1.11. The van der Waals surface area contributed by atoms with Gasteiger partial charge in [-0.25, -0.2) is 0 Å². The number of rotatable bonds is 7. The van der Waals surface area contributed by atoms with Crippen molar-refractivity contribution in [1.29, 1.82) is 0 Å². The number of para-hydroxylation sites is 1. The van der Waals surface area contributed by atoms with Crippen molar-refractivity contribution < 1.29 is 14.3 Å². The van der Waals surface area contributed by atoms with Crippen molar-refractivity contribution in [3.8, 4) is 5.75 Å². The van der Waals surface area contributed by atoms with Gasteiger partial charge in [-0.15, -0.1) is 0 Å². The van der Waals surface area contributed by atoms with Crippen molar-refractivity contribution in [2.45, 2.75) is 33.3 Å². The summed E-state index contributed by atoms with van der Waals surface area (Å²) < 4.78 is 11.8. The third-order valence-corrected chi connectivity index (χ3v) is 3.86. The molecule has 0 radical (unpaired) electrons. The van der Waals surface area contributed by atoms with Crippen LogP contribution < -0.4 is 10.1 Å². The number of hydrogen-bond acceptors (Lipinski definition) is 5. The van der Waals surface area contributed by atoms with Crippen molar-refractivity contribution in [2.75, 3.05) is 26.7 Å². The maximum Gasteiger partial charge on any atom is 0.202 e. The fourth-order valence-electron chi connectivity index (χ4n) is 2.56. The number of nitrogens with zero attached hydrogens (tertiary/aromatic N) is 1. The number of hydrogen-bond donors (Lipinski definition) is 1. The summed E-state index contributed by atoms with van der Waals surface area (Å²) in [6.45, 7) is 7.53. The van der Waals surface area contributed by atoms with Crippen molar-refractivity contribution in [3.05, 3.63) is 41.4 Å². The second-order valence-electron chi connectivity index (χ2n) is 5.64. The lowest BCUT2D eigenvalue weighted by Crippen LogP contribution is -2.35. The summed E-state index contributed by atoms with van der Waals surface area (Å²) in [4.78, 5) is 14.1. The summed E-state index contributed by atoms with van der Waals surface area (Å²) in [5.74, 6) is 1.93. The van der Waals surface area contributed by atoms with Crippen LogP contribution in [0.15, 0.2) is 35.8 Å². The molecule has 1 aromatic carbocycles. The molecule has 0 aliphatic carbocycles. The van der Waals surface area contributed by atoms with Crippen molar-refractivity contribution in [1.82, 2.24) is 10.2 Å². The third kappa shape index (κ3) is 4.18. The lowest BCUT2D eigenvalue weighted by Gasteiger charge is -2.29. The predicted molar refractivity (Wildman–Crippen MR) is 90.2 cm³/mol. The summed E-state index contributed by atoms with van der Waals surface area (Å²) in [5, 5.41) is 3.24. The van der Waals surface area contributed by atoms with Gasteiger partial charge in [0, 0.05) is 33.5 Å². The Morgan fingerprint density at radius 3 is 2.78 bits per heavy atom. The first-order chi connectivity index (χ1) is 11.1. The van der Waals surface area contributed by atoms with E-state index in [1.807, 2.05) is 50.1 Å². The molecule has 1 heterocycles. The number of carbonyl (C=O) groups is 1. The van der Waals surface area contributed by atoms with Gasteiger partial charge in [0.1, 0.15) is 24.3 Å². The van der Waals surface area contributed by atoms with Gasteiger partial charge in [-0.2, -0.15) is 0 Å². The first kappa shape index (κ1) is 17.2. The monoisotopic (exact) mass is 318 g/mol. The lowest BCUT2D eigenvalue weighted by molar-refractivity contribution is -0.118. The van der Waals surface area contributed by atoms with E-state index in [-0.39, 0.29) is 11.9 Å². The topological polar surface area (TPSA) is 50.8 Å². The largest absolute Gasteiger partial charge is 0.489 e. The minimum Gasteiger partial charge on any atom is -0.489 e. The number of ether oxygens (including phenoxy) is 2. The molecule has 0 fully saturated rings. The fraction of sp³-hybridized carbons (Fsp3) is 0.500. The first-order valence-corrected chi connectivity index (χ1v) is 8.14. The van der Waals surface area contributed by atoms with E-state index in [2.05, 4.69) is 5.32 Å². The molecule has 0 saturated carbocycles. The van der Waals surface area contributed by atoms with Crippen LogP contribution in [0.1, 0.15) is 26.3 Å². The van der Waals surface area contributed by atoms with Crippen LogP contribution in [0.4, 0.5) is 0 Å². The van der Waals surface area contributed by atoms with E-state index in [0.717, 1.165) is 36.6 Å². The van der Waals surface area contributed by atoms with Crippen LogP contribution in [0, 0.1) is 0 Å². The molecule has 1 atom stereocenters. The highest BCUT2D eigenvalue weighted by Gasteiger charge is 2.25. The number of benzene rings is 1. The zero-order valence-electron chi connectivity index (χ0n) is 14.4. The summed E-state index contributed by atoms with van der Waals surface area (Å²) >= 11 is 0. The number of allylic oxidation sites excluding steroid dienone is 1. The molecule has 1 aliphatic heterocycles. The molecule has 0 amide bonds. The van der Waals surface area contributed by atoms with Gasteiger partial charge in [-0.05, 0) is 25.5 Å². The minimum absolute atomic E-state index is 0.0832. The van der Waals surface area contributed by atoms with E-state index >= 15 is 0 Å². The summed E-state index contributed by atoms with van der Waals surface area (Å²) in [6, 6.07) is 7.94. The van der Waals surface area contributed by atoms with E-state index in [0.29, 0.717) is 12.4 Å². The second kappa shape index (κ2) is 7.90. The molecule has 5 nitrogen and oxygen atoms in total. The molecule has 0 aromatic heterocycles. The highest BCUT2D eigenvalue weighted by Crippen LogP contribution is 2.26. The van der Waals surface area contributed by atoms with Crippen LogP contribution in [-0.4, -0.2) is 43.5 Å². The Balaban J connectivity index is 2.21. The Bertz CT molecular complexity index is 583. The molecular formula is C18H26N2O3. The van der Waals surface area contributed by atoms with E-state index in [9.17, 15) is 4.79 Å². The Morgan fingerprint density at radius 1 is 1.39 bits per heavy atom. The van der Waals surface area contributed by atoms with Gasteiger partial charge in [0.05, 0.1) is 0 Å². The molecule has 0 saturated heterocycles. The van der Waals surface area contributed by atoms with Crippen molar-refractivity contribution in [2.24, 2.45) is 0 Å². The number of Topliss-reactive ketones (excluding diaryl/α,β-unsaturated/α-hetero) is 1. The molecule has 1 aliphatic rings. The van der Waals surface area contributed by atoms with Gasteiger partial charge in [-0.3, -0.25) is 4.79 Å². The first-order valence-electron chi connectivity index (χ1n) is 8.14. The predicted octanol–water partition coefficient (Wildman–Crippen LogP) is 2.33. The lowest BCUT2D eigenvalue weighted by atomic mass is 10.0. The Hall–Kier alpha value is -2.17. The fourth-order valence-corrected chi connectivity index (χ4v) is 2.56. The molecule has 23 heavy (non-hydrogen) atoms. The van der Waals surface area contributed by atoms with Gasteiger partial charge in [0.2, 0.25) is 5.76 Å². The molecule has 5 heteroatoms. The molecule has 1 N–H and O–H groups in total. The van der Waals surface area contributed by atoms with Crippen LogP contribution in [-0.2, 0) is 16.0 Å². The summed E-state index contributed by atoms with van der Waals surface area (Å²) in [7, 11) is 1.94. The molecular weight excluding hydrogens is 292 g/mol. The Labute approximate surface area is 138 Å². The number of nitrogens with one attached hydrogen (secondary N) is 1. The molecule has 2 rings (SSSR count). The Morgan fingerprint density at radius 2 is 2.13 bits per heavy atom. The van der Waals surface area contributed by atoms with Crippen molar-refractivity contribution >= 4 is 5.78 Å². The molecule has 0 spiro atoms. The van der Waals surface area contributed by atoms with Gasteiger partial charge in [-0.1, -0.05) is 18.2 Å². The number of fused-ring (bicyclic) bond motifs is 1. The minimum atomic E-state index is -0.164. The molecule has 0 bridgehead atoms. The Kier molecular flexibility index (Phi) is 5.90. The highest BCUT2D eigenvalue weighted by molar-refractivity contribution is 5.91. The van der Waals surface area contributed by atoms with Crippen LogP contribution in [0.2, 0.25) is 0 Å². The molecule has 126 valence electrons. The quantitative estimate of drug-likeness (QED) is 0.618. The van der Waals surface area contributed by atoms with Gasteiger partial charge in [0.25, 0.3) is 0 Å². The molecule has 1 unspecified atom stereocenters. The third-order valence-electron chi connectivity index (χ3n) is 3.86. The maximum atomic E-state index is 12.1. The van der Waals surface area contributed by atoms with Gasteiger partial charge < -0.3 is 19.7 Å². The standard InChI is InChI=1S/C18H26N2O3/c1-5-19-18(20(4)6-2)17(13(3)21)23-15-11-14-9-7-8-10-16(14)22-12-15/h7-10,15,19H,5-6,11-12H2,1-4H3/b18-17+. The average Bonchev–Trinajstić information content (AvgIpc) is 2.57. The molecule has 1 aromatic rings. The summed E-state index contributed by atoms with van der Waals surface area (Å²) in [6.07, 6.45) is 0.574. The normalized spacial score (nSPS) is 17.5. The van der Waals surface area contributed by atoms with Gasteiger partial charge >= 0.3 is 0 Å². The van der Waals surface area contributed by atoms with Crippen molar-refractivity contribution in [3.63, 3.8) is 0 Å².